The molecule has 0 saturated heterocycles. The Morgan fingerprint density at radius 1 is 1.19 bits per heavy atom. The Morgan fingerprint density at radius 2 is 1.76 bits per heavy atom. The van der Waals surface area contributed by atoms with Crippen LogP contribution in [-0.4, -0.2) is 17.3 Å². The van der Waals surface area contributed by atoms with E-state index in [1.165, 1.54) is 24.0 Å². The van der Waals surface area contributed by atoms with E-state index < -0.39 is 0 Å². The van der Waals surface area contributed by atoms with Crippen LogP contribution >= 0.6 is 11.6 Å². The molecule has 21 heavy (non-hydrogen) atoms. The van der Waals surface area contributed by atoms with Gasteiger partial charge in [-0.2, -0.15) is 0 Å². The quantitative estimate of drug-likeness (QED) is 0.824. The zero-order chi connectivity index (χ0) is 14.7. The number of hydrogen-bond acceptors (Lipinski definition) is 1. The number of benzene rings is 1. The number of nitrogens with one attached hydrogen (secondary N) is 1. The van der Waals surface area contributed by atoms with Crippen LogP contribution in [0.2, 0.25) is 0 Å². The van der Waals surface area contributed by atoms with E-state index in [0.29, 0.717) is 17.3 Å². The van der Waals surface area contributed by atoms with E-state index >= 15 is 0 Å². The van der Waals surface area contributed by atoms with Gasteiger partial charge in [-0.05, 0) is 60.5 Å². The predicted octanol–water partition coefficient (Wildman–Crippen LogP) is 3.95. The predicted molar refractivity (Wildman–Crippen MR) is 84.7 cm³/mol. The van der Waals surface area contributed by atoms with Crippen LogP contribution in [0.25, 0.3) is 0 Å². The van der Waals surface area contributed by atoms with Gasteiger partial charge >= 0.3 is 0 Å². The second kappa shape index (κ2) is 4.49. The minimum Gasteiger partial charge on any atom is -0.350 e. The van der Waals surface area contributed by atoms with Crippen molar-refractivity contribution in [1.82, 2.24) is 5.32 Å². The third-order valence-corrected chi connectivity index (χ3v) is 6.16. The molecule has 1 N–H and O–H groups in total. The molecule has 2 fully saturated rings. The summed E-state index contributed by atoms with van der Waals surface area (Å²) in [7, 11) is 0. The lowest BCUT2D eigenvalue weighted by molar-refractivity contribution is -0.122. The maximum atomic E-state index is 11.9. The molecule has 0 aliphatic heterocycles. The summed E-state index contributed by atoms with van der Waals surface area (Å²) in [4.78, 5) is 11.9. The summed E-state index contributed by atoms with van der Waals surface area (Å²) in [6, 6.07) is 8.95. The fourth-order valence-corrected chi connectivity index (χ4v) is 5.79. The van der Waals surface area contributed by atoms with Crippen molar-refractivity contribution in [3.05, 3.63) is 35.4 Å². The monoisotopic (exact) mass is 303 g/mol. The normalized spacial score (nSPS) is 39.7. The van der Waals surface area contributed by atoms with E-state index in [0.717, 1.165) is 19.3 Å². The molecule has 1 aromatic carbocycles. The number of hydrogen-bond donors (Lipinski definition) is 1. The largest absolute Gasteiger partial charge is 0.350 e. The van der Waals surface area contributed by atoms with Crippen molar-refractivity contribution in [2.45, 2.75) is 56.4 Å². The van der Waals surface area contributed by atoms with Gasteiger partial charge in [-0.15, -0.1) is 11.6 Å². The number of halogens is 1. The Labute approximate surface area is 131 Å². The summed E-state index contributed by atoms with van der Waals surface area (Å²) >= 11 is 5.74. The van der Waals surface area contributed by atoms with Crippen molar-refractivity contribution < 1.29 is 4.79 Å². The lowest BCUT2D eigenvalue weighted by atomic mass is 9.55. The summed E-state index contributed by atoms with van der Waals surface area (Å²) in [5.41, 5.74) is 3.39. The summed E-state index contributed by atoms with van der Waals surface area (Å²) in [5.74, 6) is 1.23. The van der Waals surface area contributed by atoms with E-state index in [1.54, 1.807) is 0 Å². The molecule has 2 unspecified atom stereocenters. The topological polar surface area (TPSA) is 29.1 Å². The van der Waals surface area contributed by atoms with Crippen molar-refractivity contribution in [3.63, 3.8) is 0 Å². The number of carbonyl (C=O) groups is 1. The molecule has 1 amide bonds. The van der Waals surface area contributed by atoms with Crippen LogP contribution in [0.1, 0.15) is 62.0 Å². The molecule has 5 rings (SSSR count). The molecular weight excluding hydrogens is 282 g/mol. The van der Waals surface area contributed by atoms with Crippen molar-refractivity contribution in [1.29, 1.82) is 0 Å². The highest BCUT2D eigenvalue weighted by atomic mass is 35.5. The summed E-state index contributed by atoms with van der Waals surface area (Å²) in [6.45, 7) is 2.42. The number of rotatable bonds is 2. The maximum Gasteiger partial charge on any atom is 0.235 e. The van der Waals surface area contributed by atoms with Crippen LogP contribution in [0, 0.1) is 5.41 Å². The van der Waals surface area contributed by atoms with Gasteiger partial charge in [0.1, 0.15) is 5.88 Å². The van der Waals surface area contributed by atoms with E-state index in [1.807, 2.05) is 0 Å². The minimum absolute atomic E-state index is 0.00808. The van der Waals surface area contributed by atoms with Gasteiger partial charge in [-0.1, -0.05) is 31.2 Å². The van der Waals surface area contributed by atoms with Crippen molar-refractivity contribution >= 4 is 17.5 Å². The van der Waals surface area contributed by atoms with E-state index in [4.69, 9.17) is 11.6 Å². The molecule has 2 nitrogen and oxygen atoms in total. The molecule has 0 aromatic heterocycles. The zero-order valence-electron chi connectivity index (χ0n) is 12.5. The molecule has 0 radical (unpaired) electrons. The molecule has 4 aliphatic rings. The third kappa shape index (κ3) is 2.11. The Hall–Kier alpha value is -1.02. The Bertz CT molecular complexity index is 562. The van der Waals surface area contributed by atoms with Crippen molar-refractivity contribution in [2.24, 2.45) is 5.41 Å². The van der Waals surface area contributed by atoms with Gasteiger partial charge in [0.15, 0.2) is 0 Å². The SMILES string of the molecule is CC12CC3CC(NC(=O)CCl)(CC(C1)c1ccccc13)C2. The zero-order valence-corrected chi connectivity index (χ0v) is 13.2. The van der Waals surface area contributed by atoms with Gasteiger partial charge in [-0.3, -0.25) is 4.79 Å². The van der Waals surface area contributed by atoms with E-state index in [9.17, 15) is 4.79 Å². The molecule has 1 aromatic rings. The molecule has 4 bridgehead atoms. The van der Waals surface area contributed by atoms with Gasteiger partial charge in [0, 0.05) is 5.54 Å². The first-order chi connectivity index (χ1) is 10.0. The fraction of sp³-hybridized carbons (Fsp3) is 0.611. The summed E-state index contributed by atoms with van der Waals surface area (Å²) in [6.07, 6.45) is 5.80. The highest BCUT2D eigenvalue weighted by molar-refractivity contribution is 6.27. The molecule has 4 aliphatic carbocycles. The smallest absolute Gasteiger partial charge is 0.235 e. The highest BCUT2D eigenvalue weighted by Crippen LogP contribution is 2.62. The third-order valence-electron chi connectivity index (χ3n) is 5.92. The molecular formula is C18H22ClNO. The molecule has 3 heteroatoms. The first-order valence-electron chi connectivity index (χ1n) is 7.98. The van der Waals surface area contributed by atoms with Gasteiger partial charge in [0.25, 0.3) is 0 Å². The molecule has 112 valence electrons. The number of amides is 1. The highest BCUT2D eigenvalue weighted by Gasteiger charge is 2.55. The van der Waals surface area contributed by atoms with Crippen LogP contribution in [0.15, 0.2) is 24.3 Å². The van der Waals surface area contributed by atoms with Crippen LogP contribution in [0.4, 0.5) is 0 Å². The first-order valence-corrected chi connectivity index (χ1v) is 8.52. The van der Waals surface area contributed by atoms with E-state index in [2.05, 4.69) is 36.5 Å². The first kappa shape index (κ1) is 13.6. The lowest BCUT2D eigenvalue weighted by Gasteiger charge is -2.54. The molecule has 0 spiro atoms. The second-order valence-corrected chi connectivity index (χ2v) is 8.06. The van der Waals surface area contributed by atoms with E-state index in [-0.39, 0.29) is 17.3 Å². The average Bonchev–Trinajstić information content (AvgIpc) is 2.58. The van der Waals surface area contributed by atoms with Crippen molar-refractivity contribution in [3.8, 4) is 0 Å². The van der Waals surface area contributed by atoms with Gasteiger partial charge < -0.3 is 5.32 Å². The fourth-order valence-electron chi connectivity index (χ4n) is 5.72. The molecule has 2 saturated carbocycles. The Morgan fingerprint density at radius 3 is 2.29 bits per heavy atom. The Balaban J connectivity index is 1.79. The Kier molecular flexibility index (Phi) is 2.91. The number of alkyl halides is 1. The molecule has 0 heterocycles. The lowest BCUT2D eigenvalue weighted by Crippen LogP contribution is -2.57. The minimum atomic E-state index is -0.0361. The van der Waals surface area contributed by atoms with Crippen LogP contribution < -0.4 is 5.32 Å². The number of carbonyl (C=O) groups excluding carboxylic acids is 1. The standard InChI is InChI=1S/C18H22ClNO/c1-17-6-12-8-18(11-17,20-16(21)10-19)9-13(7-17)15-5-3-2-4-14(12)15/h2-5,12-13H,6-11H2,1H3,(H,20,21). The molecule has 2 atom stereocenters. The van der Waals surface area contributed by atoms with Crippen LogP contribution in [0.3, 0.4) is 0 Å². The van der Waals surface area contributed by atoms with Gasteiger partial charge in [0.05, 0.1) is 0 Å². The van der Waals surface area contributed by atoms with Crippen LogP contribution in [0.5, 0.6) is 0 Å². The average molecular weight is 304 g/mol. The van der Waals surface area contributed by atoms with Gasteiger partial charge in [0.2, 0.25) is 5.91 Å². The maximum absolute atomic E-state index is 11.9. The van der Waals surface area contributed by atoms with Gasteiger partial charge in [-0.25, -0.2) is 0 Å². The van der Waals surface area contributed by atoms with Crippen molar-refractivity contribution in [2.75, 3.05) is 5.88 Å². The second-order valence-electron chi connectivity index (χ2n) is 7.79. The summed E-state index contributed by atoms with van der Waals surface area (Å²) < 4.78 is 0. The summed E-state index contributed by atoms with van der Waals surface area (Å²) in [5, 5.41) is 3.30. The van der Waals surface area contributed by atoms with Crippen LogP contribution in [-0.2, 0) is 4.79 Å².